The van der Waals surface area contributed by atoms with E-state index in [1.807, 2.05) is 13.0 Å². The van der Waals surface area contributed by atoms with E-state index in [1.165, 1.54) is 18.3 Å². The number of thiazole rings is 1. The predicted octanol–water partition coefficient (Wildman–Crippen LogP) is 2.82. The van der Waals surface area contributed by atoms with Crippen LogP contribution in [0, 0.1) is 6.92 Å². The number of halogens is 1. The lowest BCUT2D eigenvalue weighted by Gasteiger charge is -2.04. The van der Waals surface area contributed by atoms with Gasteiger partial charge in [0.05, 0.1) is 15.5 Å². The van der Waals surface area contributed by atoms with Crippen LogP contribution in [0.4, 0.5) is 5.13 Å². The van der Waals surface area contributed by atoms with E-state index in [4.69, 9.17) is 5.14 Å². The number of hydrogen-bond acceptors (Lipinski definition) is 4. The van der Waals surface area contributed by atoms with Crippen LogP contribution in [0.5, 0.6) is 0 Å². The van der Waals surface area contributed by atoms with Crippen LogP contribution in [0.2, 0.25) is 0 Å². The average Bonchev–Trinajstić information content (AvgIpc) is 2.69. The van der Waals surface area contributed by atoms with Crippen molar-refractivity contribution in [2.45, 2.75) is 18.7 Å². The van der Waals surface area contributed by atoms with Crippen molar-refractivity contribution in [2.24, 2.45) is 5.14 Å². The lowest BCUT2D eigenvalue weighted by atomic mass is 10.2. The fourth-order valence-corrected chi connectivity index (χ4v) is 3.90. The van der Waals surface area contributed by atoms with Gasteiger partial charge >= 0.3 is 0 Å². The molecule has 0 aliphatic heterocycles. The normalized spacial score (nSPS) is 12.2. The van der Waals surface area contributed by atoms with Crippen LogP contribution in [-0.2, 0) is 15.8 Å². The zero-order valence-electron chi connectivity index (χ0n) is 10.8. The molecule has 0 bridgehead atoms. The van der Waals surface area contributed by atoms with Gasteiger partial charge in [0.15, 0.2) is 5.13 Å². The molecule has 1 aromatic carbocycles. The lowest BCUT2D eigenvalue weighted by molar-refractivity contribution is -0.114. The number of benzene rings is 1. The Labute approximate surface area is 131 Å². The Bertz CT molecular complexity index is 700. The second-order valence-corrected chi connectivity index (χ2v) is 6.95. The second-order valence-electron chi connectivity index (χ2n) is 4.06. The molecule has 1 heterocycles. The number of nitrogens with one attached hydrogen (secondary N) is 1. The van der Waals surface area contributed by atoms with Crippen LogP contribution >= 0.6 is 27.3 Å². The molecule has 0 fully saturated rings. The molecule has 2 rings (SSSR count). The summed E-state index contributed by atoms with van der Waals surface area (Å²) in [6.45, 7) is 3.30. The standard InChI is InChI=1S/C12H12BrN3O2S2/c1-6-11(19-12(15-6)16-7(2)17)8-3-4-9(13)10(5-8)20(14)18/h3-5H,14H2,1-2H3,(H,15,16,17). The first-order chi connectivity index (χ1) is 9.38. The zero-order valence-corrected chi connectivity index (χ0v) is 14.0. The molecule has 20 heavy (non-hydrogen) atoms. The van der Waals surface area contributed by atoms with Crippen LogP contribution in [0.3, 0.4) is 0 Å². The molecule has 0 radical (unpaired) electrons. The maximum Gasteiger partial charge on any atom is 0.223 e. The Morgan fingerprint density at radius 2 is 2.20 bits per heavy atom. The van der Waals surface area contributed by atoms with Gasteiger partial charge in [-0.2, -0.15) is 0 Å². The lowest BCUT2D eigenvalue weighted by Crippen LogP contribution is -2.04. The summed E-state index contributed by atoms with van der Waals surface area (Å²) < 4.78 is 12.2. The van der Waals surface area contributed by atoms with E-state index in [1.54, 1.807) is 12.1 Å². The highest BCUT2D eigenvalue weighted by molar-refractivity contribution is 9.10. The van der Waals surface area contributed by atoms with Gasteiger partial charge in [-0.1, -0.05) is 17.4 Å². The highest BCUT2D eigenvalue weighted by atomic mass is 79.9. The molecule has 106 valence electrons. The number of rotatable bonds is 3. The SMILES string of the molecule is CC(=O)Nc1nc(C)c(-c2ccc(Br)c(S(N)=O)c2)s1. The molecule has 0 saturated heterocycles. The summed E-state index contributed by atoms with van der Waals surface area (Å²) in [6, 6.07) is 5.45. The van der Waals surface area contributed by atoms with E-state index < -0.39 is 11.0 Å². The van der Waals surface area contributed by atoms with E-state index in [-0.39, 0.29) is 5.91 Å². The smallest absolute Gasteiger partial charge is 0.223 e. The van der Waals surface area contributed by atoms with Crippen molar-refractivity contribution < 1.29 is 9.00 Å². The Morgan fingerprint density at radius 1 is 1.50 bits per heavy atom. The van der Waals surface area contributed by atoms with Crippen molar-refractivity contribution in [3.63, 3.8) is 0 Å². The Hall–Kier alpha value is -1.09. The maximum absolute atomic E-state index is 11.5. The molecule has 1 amide bonds. The Kier molecular flexibility index (Phi) is 4.69. The van der Waals surface area contributed by atoms with Crippen molar-refractivity contribution in [3.05, 3.63) is 28.4 Å². The van der Waals surface area contributed by atoms with Crippen LogP contribution in [-0.4, -0.2) is 15.1 Å². The van der Waals surface area contributed by atoms with Gasteiger partial charge in [0, 0.05) is 11.4 Å². The molecule has 5 nitrogen and oxygen atoms in total. The first kappa shape index (κ1) is 15.3. The van der Waals surface area contributed by atoms with Crippen LogP contribution in [0.25, 0.3) is 10.4 Å². The van der Waals surface area contributed by atoms with E-state index >= 15 is 0 Å². The van der Waals surface area contributed by atoms with Crippen molar-refractivity contribution in [2.75, 3.05) is 5.32 Å². The highest BCUT2D eigenvalue weighted by Gasteiger charge is 2.13. The molecule has 3 N–H and O–H groups in total. The van der Waals surface area contributed by atoms with Crippen molar-refractivity contribution in [1.29, 1.82) is 0 Å². The molecule has 0 aliphatic carbocycles. The minimum absolute atomic E-state index is 0.162. The van der Waals surface area contributed by atoms with E-state index in [2.05, 4.69) is 26.2 Å². The minimum Gasteiger partial charge on any atom is -0.302 e. The van der Waals surface area contributed by atoms with Gasteiger partial charge in [-0.25, -0.2) is 14.3 Å². The van der Waals surface area contributed by atoms with Gasteiger partial charge in [0.2, 0.25) is 5.91 Å². The van der Waals surface area contributed by atoms with Crippen molar-refractivity contribution in [3.8, 4) is 10.4 Å². The number of nitrogens with zero attached hydrogens (tertiary/aromatic N) is 1. The topological polar surface area (TPSA) is 85.1 Å². The Balaban J connectivity index is 2.46. The summed E-state index contributed by atoms with van der Waals surface area (Å²) in [5, 5.41) is 8.65. The summed E-state index contributed by atoms with van der Waals surface area (Å²) in [6.07, 6.45) is 0. The number of nitrogens with two attached hydrogens (primary N) is 1. The van der Waals surface area contributed by atoms with Gasteiger partial charge in [0.25, 0.3) is 0 Å². The van der Waals surface area contributed by atoms with E-state index in [9.17, 15) is 9.00 Å². The maximum atomic E-state index is 11.5. The molecule has 2 aromatic rings. The first-order valence-electron chi connectivity index (χ1n) is 5.59. The summed E-state index contributed by atoms with van der Waals surface area (Å²) in [5.74, 6) is -0.162. The molecule has 1 atom stereocenters. The van der Waals surface area contributed by atoms with Gasteiger partial charge in [0.1, 0.15) is 11.0 Å². The average molecular weight is 374 g/mol. The van der Waals surface area contributed by atoms with Gasteiger partial charge in [-0.15, -0.1) is 0 Å². The van der Waals surface area contributed by atoms with E-state index in [0.717, 1.165) is 16.1 Å². The molecule has 0 spiro atoms. The molecular weight excluding hydrogens is 362 g/mol. The molecule has 1 unspecified atom stereocenters. The number of carbonyl (C=O) groups is 1. The second kappa shape index (κ2) is 6.13. The predicted molar refractivity (Wildman–Crippen MR) is 84.9 cm³/mol. The first-order valence-corrected chi connectivity index (χ1v) is 8.42. The summed E-state index contributed by atoms with van der Waals surface area (Å²) in [7, 11) is -1.57. The Morgan fingerprint density at radius 3 is 2.80 bits per heavy atom. The summed E-state index contributed by atoms with van der Waals surface area (Å²) >= 11 is 4.69. The molecule has 0 aliphatic rings. The number of amides is 1. The number of aromatic nitrogens is 1. The van der Waals surface area contributed by atoms with Crippen molar-refractivity contribution >= 4 is 49.3 Å². The molecular formula is C12H12BrN3O2S2. The summed E-state index contributed by atoms with van der Waals surface area (Å²) in [5.41, 5.74) is 1.67. The third kappa shape index (κ3) is 3.32. The number of aryl methyl sites for hydroxylation is 1. The zero-order chi connectivity index (χ0) is 14.9. The number of hydrogen-bond donors (Lipinski definition) is 2. The third-order valence-corrected chi connectivity index (χ3v) is 5.34. The number of anilines is 1. The van der Waals surface area contributed by atoms with Crippen LogP contribution < -0.4 is 10.5 Å². The van der Waals surface area contributed by atoms with Crippen LogP contribution in [0.15, 0.2) is 27.6 Å². The third-order valence-electron chi connectivity index (χ3n) is 2.49. The largest absolute Gasteiger partial charge is 0.302 e. The monoisotopic (exact) mass is 373 g/mol. The fourth-order valence-electron chi connectivity index (χ4n) is 1.67. The quantitative estimate of drug-likeness (QED) is 0.866. The van der Waals surface area contributed by atoms with Gasteiger partial charge in [-0.05, 0) is 40.5 Å². The highest BCUT2D eigenvalue weighted by Crippen LogP contribution is 2.35. The molecule has 8 heteroatoms. The van der Waals surface area contributed by atoms with Crippen LogP contribution in [0.1, 0.15) is 12.6 Å². The molecule has 1 aromatic heterocycles. The van der Waals surface area contributed by atoms with Gasteiger partial charge in [-0.3, -0.25) is 4.79 Å². The fraction of sp³-hybridized carbons (Fsp3) is 0.167. The number of carbonyl (C=O) groups excluding carboxylic acids is 1. The molecule has 0 saturated carbocycles. The summed E-state index contributed by atoms with van der Waals surface area (Å²) in [4.78, 5) is 16.8. The van der Waals surface area contributed by atoms with Crippen molar-refractivity contribution in [1.82, 2.24) is 4.98 Å². The van der Waals surface area contributed by atoms with Gasteiger partial charge < -0.3 is 5.32 Å². The van der Waals surface area contributed by atoms with E-state index in [0.29, 0.717) is 14.5 Å². The minimum atomic E-state index is -1.57.